The number of nitrogens with one attached hydrogen (secondary N) is 2. The lowest BCUT2D eigenvalue weighted by Crippen LogP contribution is -2.41. The van der Waals surface area contributed by atoms with Crippen LogP contribution in [0.1, 0.15) is 89.5 Å². The summed E-state index contributed by atoms with van der Waals surface area (Å²) < 4.78 is 7.12. The molecule has 3 aromatic heterocycles. The Morgan fingerprint density at radius 2 is 1.67 bits per heavy atom. The first-order valence-corrected chi connectivity index (χ1v) is 21.2. The average Bonchev–Trinajstić information content (AvgIpc) is 3.68. The van der Waals surface area contributed by atoms with Gasteiger partial charge in [0.2, 0.25) is 0 Å². The normalized spacial score (nSPS) is 15.3. The van der Waals surface area contributed by atoms with E-state index in [4.69, 9.17) is 19.8 Å². The van der Waals surface area contributed by atoms with E-state index in [-0.39, 0.29) is 11.0 Å². The van der Waals surface area contributed by atoms with Crippen molar-refractivity contribution in [1.29, 1.82) is 5.41 Å². The van der Waals surface area contributed by atoms with Crippen LogP contribution in [0.3, 0.4) is 0 Å². The predicted octanol–water partition coefficient (Wildman–Crippen LogP) is 11.6. The van der Waals surface area contributed by atoms with Crippen LogP contribution in [-0.4, -0.2) is 48.9 Å². The van der Waals surface area contributed by atoms with Crippen molar-refractivity contribution in [2.75, 3.05) is 48.3 Å². The van der Waals surface area contributed by atoms with E-state index in [0.717, 1.165) is 93.1 Å². The van der Waals surface area contributed by atoms with Gasteiger partial charge >= 0.3 is 5.63 Å². The van der Waals surface area contributed by atoms with Crippen molar-refractivity contribution in [3.8, 4) is 10.6 Å². The Hall–Kier alpha value is -5.54. The van der Waals surface area contributed by atoms with E-state index in [1.165, 1.54) is 22.5 Å². The molecule has 7 aromatic rings. The van der Waals surface area contributed by atoms with Gasteiger partial charge in [0.15, 0.2) is 0 Å². The summed E-state index contributed by atoms with van der Waals surface area (Å²) in [7, 11) is 1.85. The zero-order valence-corrected chi connectivity index (χ0v) is 35.3. The zero-order chi connectivity index (χ0) is 40.4. The third-order valence-electron chi connectivity index (χ3n) is 11.4. The van der Waals surface area contributed by atoms with Crippen molar-refractivity contribution in [2.24, 2.45) is 0 Å². The van der Waals surface area contributed by atoms with Gasteiger partial charge in [-0.1, -0.05) is 77.1 Å². The summed E-state index contributed by atoms with van der Waals surface area (Å²) in [5.74, 6) is 1.11. The van der Waals surface area contributed by atoms with Crippen molar-refractivity contribution < 1.29 is 4.42 Å². The largest absolute Gasteiger partial charge is 0.422 e. The Morgan fingerprint density at radius 3 is 2.39 bits per heavy atom. The van der Waals surface area contributed by atoms with Crippen molar-refractivity contribution in [3.63, 3.8) is 0 Å². The SMILES string of the molecule is CC.CC1CCN2CCC(C)(C)c3cc4cc(-c5nc6ccccc6s5)c(=O)oc4c1c32.CCN(CC)c1ccc2nc(NC)c(C(=N)c3ccccc3)cc2c1. The highest BCUT2D eigenvalue weighted by molar-refractivity contribution is 7.21. The fraction of sp³-hybridized carbons (Fsp3) is 0.333. The molecule has 0 amide bonds. The number of thiazole rings is 1. The van der Waals surface area contributed by atoms with E-state index in [1.807, 2.05) is 81.6 Å². The molecule has 1 unspecified atom stereocenters. The van der Waals surface area contributed by atoms with Gasteiger partial charge in [-0.25, -0.2) is 14.8 Å². The molecule has 2 aliphatic rings. The monoisotopic (exact) mass is 778 g/mol. The second-order valence-corrected chi connectivity index (χ2v) is 16.3. The van der Waals surface area contributed by atoms with E-state index in [1.54, 1.807) is 11.3 Å². The Labute approximate surface area is 340 Å². The van der Waals surface area contributed by atoms with Crippen LogP contribution in [0.4, 0.5) is 17.2 Å². The van der Waals surface area contributed by atoms with Crippen LogP contribution in [-0.2, 0) is 5.41 Å². The van der Waals surface area contributed by atoms with Gasteiger partial charge in [-0.3, -0.25) is 5.41 Å². The maximum atomic E-state index is 13.1. The molecule has 1 atom stereocenters. The van der Waals surface area contributed by atoms with E-state index >= 15 is 0 Å². The molecule has 2 N–H and O–H groups in total. The first-order chi connectivity index (χ1) is 27.6. The summed E-state index contributed by atoms with van der Waals surface area (Å²) in [4.78, 5) is 27.3. The predicted molar refractivity (Wildman–Crippen MR) is 243 cm³/mol. The Bertz CT molecular complexity index is 2590. The topological polar surface area (TPSA) is 98.3 Å². The molecule has 9 heteroatoms. The van der Waals surface area contributed by atoms with Crippen molar-refractivity contribution in [2.45, 2.75) is 72.6 Å². The molecule has 0 fully saturated rings. The Kier molecular flexibility index (Phi) is 11.5. The number of pyridine rings is 1. The molecular formula is C48H54N6O2S. The van der Waals surface area contributed by atoms with Gasteiger partial charge in [-0.05, 0) is 92.1 Å². The molecular weight excluding hydrogens is 725 g/mol. The van der Waals surface area contributed by atoms with Crippen molar-refractivity contribution in [1.82, 2.24) is 9.97 Å². The first kappa shape index (κ1) is 39.7. The molecule has 5 heterocycles. The van der Waals surface area contributed by atoms with E-state index in [0.29, 0.717) is 17.2 Å². The van der Waals surface area contributed by atoms with Gasteiger partial charge in [-0.15, -0.1) is 11.3 Å². The molecule has 0 spiro atoms. The molecule has 9 rings (SSSR count). The number of rotatable bonds is 7. The highest BCUT2D eigenvalue weighted by Crippen LogP contribution is 2.50. The Morgan fingerprint density at radius 1 is 0.930 bits per heavy atom. The minimum absolute atomic E-state index is 0.109. The van der Waals surface area contributed by atoms with Gasteiger partial charge in [-0.2, -0.15) is 0 Å². The number of para-hydroxylation sites is 1. The molecule has 0 aliphatic carbocycles. The van der Waals surface area contributed by atoms with Crippen LogP contribution in [0.5, 0.6) is 0 Å². The van der Waals surface area contributed by atoms with Gasteiger partial charge in [0.25, 0.3) is 0 Å². The number of fused-ring (bicyclic) bond motifs is 4. The molecule has 2 aliphatic heterocycles. The van der Waals surface area contributed by atoms with Gasteiger partial charge < -0.3 is 19.5 Å². The number of benzene rings is 4. The van der Waals surface area contributed by atoms with Crippen LogP contribution in [0.25, 0.3) is 42.7 Å². The smallest absolute Gasteiger partial charge is 0.346 e. The fourth-order valence-corrected chi connectivity index (χ4v) is 9.17. The number of anilines is 3. The molecule has 4 aromatic carbocycles. The summed E-state index contributed by atoms with van der Waals surface area (Å²) >= 11 is 1.54. The third-order valence-corrected chi connectivity index (χ3v) is 12.5. The second kappa shape index (κ2) is 16.5. The van der Waals surface area contributed by atoms with Crippen LogP contribution < -0.4 is 20.7 Å². The lowest BCUT2D eigenvalue weighted by molar-refractivity contribution is 0.437. The highest BCUT2D eigenvalue weighted by Gasteiger charge is 2.38. The number of aromatic nitrogens is 2. The lowest BCUT2D eigenvalue weighted by Gasteiger charge is -2.45. The van der Waals surface area contributed by atoms with E-state index < -0.39 is 0 Å². The van der Waals surface area contributed by atoms with Crippen LogP contribution in [0.2, 0.25) is 0 Å². The summed E-state index contributed by atoms with van der Waals surface area (Å²) in [6.45, 7) is 19.3. The quantitative estimate of drug-likeness (QED) is 0.123. The fourth-order valence-electron chi connectivity index (χ4n) is 8.20. The van der Waals surface area contributed by atoms with E-state index in [2.05, 4.69) is 80.1 Å². The number of nitrogens with zero attached hydrogens (tertiary/aromatic N) is 4. The Balaban J connectivity index is 0.000000170. The maximum Gasteiger partial charge on any atom is 0.346 e. The standard InChI is InChI=1S/C25H24N2O2S.C21H24N4.C2H6/c1-14-8-10-27-11-9-25(2,3)17-13-15-12-16(24(28)29-22(15)20(14)21(17)27)23-26-18-6-4-5-7-19(18)30-23;1-4-25(5-2)17-11-12-19-16(13-17)14-18(21(23-3)24-19)20(22)15-9-7-6-8-10-15;1-2/h4-7,12-14H,8-11H2,1-3H3;6-14,22H,4-5H2,1-3H3,(H,23,24);1-2H3. The zero-order valence-electron chi connectivity index (χ0n) is 34.5. The van der Waals surface area contributed by atoms with Crippen LogP contribution in [0.15, 0.2) is 100 Å². The molecule has 0 radical (unpaired) electrons. The number of hydrogen-bond acceptors (Lipinski definition) is 9. The molecule has 8 nitrogen and oxygen atoms in total. The van der Waals surface area contributed by atoms with Gasteiger partial charge in [0.1, 0.15) is 16.4 Å². The molecule has 0 saturated carbocycles. The van der Waals surface area contributed by atoms with Gasteiger partial charge in [0, 0.05) is 72.1 Å². The average molecular weight is 779 g/mol. The molecule has 0 bridgehead atoms. The maximum absolute atomic E-state index is 13.1. The summed E-state index contributed by atoms with van der Waals surface area (Å²) in [5, 5.41) is 14.5. The van der Waals surface area contributed by atoms with Crippen LogP contribution in [0, 0.1) is 5.41 Å². The first-order valence-electron chi connectivity index (χ1n) is 20.4. The van der Waals surface area contributed by atoms with Gasteiger partial charge in [0.05, 0.1) is 27.0 Å². The summed E-state index contributed by atoms with van der Waals surface area (Å²) in [6.07, 6.45) is 2.23. The molecule has 57 heavy (non-hydrogen) atoms. The lowest BCUT2D eigenvalue weighted by atomic mass is 9.73. The van der Waals surface area contributed by atoms with Crippen molar-refractivity contribution in [3.05, 3.63) is 124 Å². The van der Waals surface area contributed by atoms with Crippen LogP contribution >= 0.6 is 11.3 Å². The minimum Gasteiger partial charge on any atom is -0.422 e. The van der Waals surface area contributed by atoms with E-state index in [9.17, 15) is 4.79 Å². The van der Waals surface area contributed by atoms with Crippen molar-refractivity contribution >= 4 is 66.3 Å². The molecule has 0 saturated heterocycles. The summed E-state index contributed by atoms with van der Waals surface area (Å²) in [6, 6.07) is 30.4. The second-order valence-electron chi connectivity index (χ2n) is 15.3. The molecule has 294 valence electrons. The number of hydrogen-bond donors (Lipinski definition) is 2. The summed E-state index contributed by atoms with van der Waals surface area (Å²) in [5.41, 5.74) is 10.3. The minimum atomic E-state index is -0.294. The third kappa shape index (κ3) is 7.53. The highest BCUT2D eigenvalue weighted by atomic mass is 32.1.